The van der Waals surface area contributed by atoms with Crippen LogP contribution in [-0.4, -0.2) is 37.6 Å². The lowest BCUT2D eigenvalue weighted by molar-refractivity contribution is -0.122. The Labute approximate surface area is 168 Å². The third-order valence-corrected chi connectivity index (χ3v) is 5.03. The molecule has 4 rings (SSSR count). The minimum absolute atomic E-state index is 0.0907. The maximum absolute atomic E-state index is 12.9. The Morgan fingerprint density at radius 1 is 1.10 bits per heavy atom. The first-order chi connectivity index (χ1) is 14.1. The highest BCUT2D eigenvalue weighted by atomic mass is 16.5. The van der Waals surface area contributed by atoms with Crippen LogP contribution in [0.2, 0.25) is 0 Å². The van der Waals surface area contributed by atoms with Gasteiger partial charge in [0.25, 0.3) is 0 Å². The van der Waals surface area contributed by atoms with Gasteiger partial charge < -0.3 is 19.7 Å². The summed E-state index contributed by atoms with van der Waals surface area (Å²) in [5.41, 5.74) is 1.96. The number of fused-ring (bicyclic) bond motifs is 1. The van der Waals surface area contributed by atoms with Gasteiger partial charge in [-0.2, -0.15) is 0 Å². The highest BCUT2D eigenvalue weighted by Gasteiger charge is 2.35. The molecular formula is C22H21N3O4. The highest BCUT2D eigenvalue weighted by molar-refractivity contribution is 6.06. The number of pyridine rings is 1. The zero-order valence-electron chi connectivity index (χ0n) is 16.2. The van der Waals surface area contributed by atoms with E-state index >= 15 is 0 Å². The normalized spacial score (nSPS) is 16.1. The molecule has 3 aromatic rings. The van der Waals surface area contributed by atoms with Gasteiger partial charge in [-0.1, -0.05) is 12.1 Å². The van der Waals surface area contributed by atoms with Crippen LogP contribution in [0.3, 0.4) is 0 Å². The molecule has 0 radical (unpaired) electrons. The topological polar surface area (TPSA) is 80.8 Å². The summed E-state index contributed by atoms with van der Waals surface area (Å²) in [5, 5.41) is 3.80. The molecule has 1 fully saturated rings. The number of aromatic nitrogens is 1. The zero-order valence-corrected chi connectivity index (χ0v) is 16.2. The van der Waals surface area contributed by atoms with Gasteiger partial charge >= 0.3 is 0 Å². The van der Waals surface area contributed by atoms with Crippen LogP contribution in [0.15, 0.2) is 54.7 Å². The number of rotatable bonds is 5. The molecule has 2 heterocycles. The lowest BCUT2D eigenvalue weighted by atomic mass is 10.1. The summed E-state index contributed by atoms with van der Waals surface area (Å²) in [6.07, 6.45) is 1.83. The fourth-order valence-corrected chi connectivity index (χ4v) is 3.52. The number of methoxy groups -OCH3 is 2. The first kappa shape index (κ1) is 18.7. The first-order valence-corrected chi connectivity index (χ1v) is 9.27. The number of hydrogen-bond donors (Lipinski definition) is 1. The van der Waals surface area contributed by atoms with Gasteiger partial charge in [0.2, 0.25) is 11.8 Å². The smallest absolute Gasteiger partial charge is 0.229 e. The van der Waals surface area contributed by atoms with E-state index in [1.54, 1.807) is 37.4 Å². The Kier molecular flexibility index (Phi) is 5.03. The summed E-state index contributed by atoms with van der Waals surface area (Å²) in [6.45, 7) is 0.313. The molecule has 1 aliphatic rings. The minimum Gasteiger partial charge on any atom is -0.497 e. The fourth-order valence-electron chi connectivity index (χ4n) is 3.52. The third-order valence-electron chi connectivity index (χ3n) is 5.03. The molecule has 1 atom stereocenters. The Morgan fingerprint density at radius 2 is 1.93 bits per heavy atom. The van der Waals surface area contributed by atoms with Gasteiger partial charge in [0.15, 0.2) is 0 Å². The molecule has 7 nitrogen and oxygen atoms in total. The second kappa shape index (κ2) is 7.79. The van der Waals surface area contributed by atoms with Crippen molar-refractivity contribution in [2.75, 3.05) is 31.0 Å². The average molecular weight is 391 g/mol. The van der Waals surface area contributed by atoms with Gasteiger partial charge in [-0.05, 0) is 24.3 Å². The second-order valence-corrected chi connectivity index (χ2v) is 6.85. The van der Waals surface area contributed by atoms with E-state index in [1.807, 2.05) is 36.4 Å². The first-order valence-electron chi connectivity index (χ1n) is 9.27. The Balaban J connectivity index is 1.55. The van der Waals surface area contributed by atoms with E-state index < -0.39 is 5.92 Å². The molecular weight excluding hydrogens is 370 g/mol. The molecule has 0 bridgehead atoms. The maximum Gasteiger partial charge on any atom is 0.229 e. The summed E-state index contributed by atoms with van der Waals surface area (Å²) in [4.78, 5) is 31.4. The summed E-state index contributed by atoms with van der Waals surface area (Å²) in [5.74, 6) is 0.521. The number of hydrogen-bond acceptors (Lipinski definition) is 5. The Morgan fingerprint density at radius 3 is 2.72 bits per heavy atom. The molecule has 1 N–H and O–H groups in total. The van der Waals surface area contributed by atoms with Crippen molar-refractivity contribution in [3.63, 3.8) is 0 Å². The van der Waals surface area contributed by atoms with E-state index in [9.17, 15) is 9.59 Å². The molecule has 1 aromatic heterocycles. The van der Waals surface area contributed by atoms with Crippen LogP contribution in [-0.2, 0) is 9.59 Å². The van der Waals surface area contributed by atoms with E-state index in [0.29, 0.717) is 29.2 Å². The summed E-state index contributed by atoms with van der Waals surface area (Å²) < 4.78 is 10.6. The Bertz CT molecular complexity index is 1080. The summed E-state index contributed by atoms with van der Waals surface area (Å²) >= 11 is 0. The van der Waals surface area contributed by atoms with E-state index in [1.165, 1.54) is 0 Å². The number of nitrogens with zero attached hydrogens (tertiary/aromatic N) is 2. The van der Waals surface area contributed by atoms with Crippen molar-refractivity contribution >= 4 is 34.1 Å². The van der Waals surface area contributed by atoms with Crippen molar-refractivity contribution in [2.24, 2.45) is 5.92 Å². The third kappa shape index (κ3) is 3.71. The lowest BCUT2D eigenvalue weighted by Gasteiger charge is -2.17. The van der Waals surface area contributed by atoms with Crippen LogP contribution < -0.4 is 19.7 Å². The predicted molar refractivity (Wildman–Crippen MR) is 110 cm³/mol. The predicted octanol–water partition coefficient (Wildman–Crippen LogP) is 3.24. The van der Waals surface area contributed by atoms with Crippen LogP contribution in [0.4, 0.5) is 11.4 Å². The molecule has 2 amide bonds. The van der Waals surface area contributed by atoms with Crippen molar-refractivity contribution in [3.05, 3.63) is 54.7 Å². The number of amides is 2. The zero-order chi connectivity index (χ0) is 20.4. The van der Waals surface area contributed by atoms with Crippen LogP contribution >= 0.6 is 0 Å². The van der Waals surface area contributed by atoms with E-state index in [0.717, 1.165) is 11.1 Å². The van der Waals surface area contributed by atoms with Crippen LogP contribution in [0.5, 0.6) is 11.5 Å². The largest absolute Gasteiger partial charge is 0.497 e. The van der Waals surface area contributed by atoms with Crippen molar-refractivity contribution in [1.29, 1.82) is 0 Å². The summed E-state index contributed by atoms with van der Waals surface area (Å²) in [7, 11) is 3.15. The van der Waals surface area contributed by atoms with Gasteiger partial charge in [0, 0.05) is 42.4 Å². The number of ether oxygens (including phenoxy) is 2. The number of carbonyl (C=O) groups is 2. The van der Waals surface area contributed by atoms with E-state index in [4.69, 9.17) is 9.47 Å². The Hall–Kier alpha value is -3.61. The number of anilines is 2. The molecule has 7 heteroatoms. The van der Waals surface area contributed by atoms with Crippen molar-refractivity contribution < 1.29 is 19.1 Å². The fraction of sp³-hybridized carbons (Fsp3) is 0.227. The number of nitrogens with one attached hydrogen (secondary N) is 1. The molecule has 1 saturated heterocycles. The maximum atomic E-state index is 12.9. The SMILES string of the molecule is COc1cccc(N2CC(C(=O)Nc3cc(OC)cc4cccnc34)CC2=O)c1. The van der Waals surface area contributed by atoms with Crippen LogP contribution in [0.1, 0.15) is 6.42 Å². The molecule has 29 heavy (non-hydrogen) atoms. The van der Waals surface area contributed by atoms with Crippen molar-refractivity contribution in [3.8, 4) is 11.5 Å². The quantitative estimate of drug-likeness (QED) is 0.722. The van der Waals surface area contributed by atoms with Crippen LogP contribution in [0, 0.1) is 5.92 Å². The standard InChI is InChI=1S/C22H21N3O4/c1-28-17-7-3-6-16(11-17)25-13-15(10-20(25)26)22(27)24-19-12-18(29-2)9-14-5-4-8-23-21(14)19/h3-9,11-12,15H,10,13H2,1-2H3,(H,24,27). The molecule has 0 saturated carbocycles. The van der Waals surface area contributed by atoms with E-state index in [2.05, 4.69) is 10.3 Å². The lowest BCUT2D eigenvalue weighted by Crippen LogP contribution is -2.28. The second-order valence-electron chi connectivity index (χ2n) is 6.85. The number of benzene rings is 2. The van der Waals surface area contributed by atoms with Gasteiger partial charge in [0.05, 0.1) is 31.3 Å². The average Bonchev–Trinajstić information content (AvgIpc) is 3.15. The van der Waals surface area contributed by atoms with E-state index in [-0.39, 0.29) is 18.2 Å². The molecule has 1 unspecified atom stereocenters. The molecule has 148 valence electrons. The van der Waals surface area contributed by atoms with Gasteiger partial charge in [-0.25, -0.2) is 0 Å². The summed E-state index contributed by atoms with van der Waals surface area (Å²) in [6, 6.07) is 14.6. The van der Waals surface area contributed by atoms with Gasteiger partial charge in [0.1, 0.15) is 11.5 Å². The molecule has 1 aliphatic heterocycles. The van der Waals surface area contributed by atoms with Gasteiger partial charge in [-0.15, -0.1) is 0 Å². The van der Waals surface area contributed by atoms with Crippen molar-refractivity contribution in [2.45, 2.75) is 6.42 Å². The van der Waals surface area contributed by atoms with Gasteiger partial charge in [-0.3, -0.25) is 14.6 Å². The molecule has 0 spiro atoms. The monoisotopic (exact) mass is 391 g/mol. The molecule has 2 aromatic carbocycles. The van der Waals surface area contributed by atoms with Crippen LogP contribution in [0.25, 0.3) is 10.9 Å². The highest BCUT2D eigenvalue weighted by Crippen LogP contribution is 2.31. The minimum atomic E-state index is -0.460. The van der Waals surface area contributed by atoms with Crippen molar-refractivity contribution in [1.82, 2.24) is 4.98 Å². The number of carbonyl (C=O) groups excluding carboxylic acids is 2. The molecule has 0 aliphatic carbocycles.